The Kier molecular flexibility index (Phi) is 4.41. The van der Waals surface area contributed by atoms with Gasteiger partial charge in [-0.15, -0.1) is 0 Å². The second-order valence-electron chi connectivity index (χ2n) is 3.05. The summed E-state index contributed by atoms with van der Waals surface area (Å²) < 4.78 is 13.2. The van der Waals surface area contributed by atoms with E-state index in [9.17, 15) is 14.6 Å². The Bertz CT molecular complexity index is 337. The van der Waals surface area contributed by atoms with E-state index in [0.29, 0.717) is 0 Å². The first-order chi connectivity index (χ1) is 7.06. The Morgan fingerprint density at radius 1 is 1.47 bits per heavy atom. The van der Waals surface area contributed by atoms with Gasteiger partial charge in [-0.05, 0) is 12.5 Å². The summed E-state index contributed by atoms with van der Waals surface area (Å²) in [7, 11) is 0. The lowest BCUT2D eigenvalue weighted by atomic mass is 10.1. The second kappa shape index (κ2) is 5.37. The number of nitrogens with zero attached hydrogens (tertiary/aromatic N) is 1. The molecule has 0 aromatic carbocycles. The Hall–Kier alpha value is -0.750. The van der Waals surface area contributed by atoms with Gasteiger partial charge < -0.3 is 15.3 Å². The quantitative estimate of drug-likeness (QED) is 0.717. The topological polar surface area (TPSA) is 73.6 Å². The predicted octanol–water partition coefficient (Wildman–Crippen LogP) is 0.651. The van der Waals surface area contributed by atoms with Crippen molar-refractivity contribution in [3.8, 4) is 0 Å². The van der Waals surface area contributed by atoms with E-state index in [-0.39, 0.29) is 23.7 Å². The van der Waals surface area contributed by atoms with Crippen LogP contribution < -0.4 is 0 Å². The first-order valence-electron chi connectivity index (χ1n) is 4.34. The molecule has 2 unspecified atom stereocenters. The van der Waals surface area contributed by atoms with Crippen molar-refractivity contribution in [2.45, 2.75) is 18.6 Å². The van der Waals surface area contributed by atoms with Crippen molar-refractivity contribution < 1.29 is 19.7 Å². The average Bonchev–Trinajstić information content (AvgIpc) is 2.17. The zero-order chi connectivity index (χ0) is 11.4. The molecule has 4 nitrogen and oxygen atoms in total. The first-order valence-corrected chi connectivity index (χ1v) is 4.72. The summed E-state index contributed by atoms with van der Waals surface area (Å²) in [6.45, 7) is -0.298. The maximum Gasteiger partial charge on any atom is 0.148 e. The molecule has 0 bridgehead atoms. The van der Waals surface area contributed by atoms with Crippen LogP contribution in [-0.2, 0) is 0 Å². The molecule has 3 N–H and O–H groups in total. The van der Waals surface area contributed by atoms with Gasteiger partial charge in [0.15, 0.2) is 0 Å². The third-order valence-electron chi connectivity index (χ3n) is 1.91. The minimum absolute atomic E-state index is 0.0507. The van der Waals surface area contributed by atoms with Crippen LogP contribution in [0.15, 0.2) is 12.3 Å². The molecule has 1 aromatic rings. The van der Waals surface area contributed by atoms with Crippen LogP contribution in [0.1, 0.15) is 18.2 Å². The maximum atomic E-state index is 13.2. The molecule has 1 aromatic heterocycles. The van der Waals surface area contributed by atoms with Gasteiger partial charge in [0.05, 0.1) is 11.1 Å². The fourth-order valence-electron chi connectivity index (χ4n) is 1.12. The molecule has 1 heterocycles. The van der Waals surface area contributed by atoms with Gasteiger partial charge in [-0.2, -0.15) is 0 Å². The number of aliphatic hydroxyl groups excluding tert-OH is 3. The first kappa shape index (κ1) is 12.3. The van der Waals surface area contributed by atoms with Crippen molar-refractivity contribution in [1.82, 2.24) is 4.98 Å². The monoisotopic (exact) mass is 235 g/mol. The number of halogens is 2. The molecule has 6 heteroatoms. The highest BCUT2D eigenvalue weighted by atomic mass is 35.5. The number of hydrogen-bond acceptors (Lipinski definition) is 4. The molecule has 15 heavy (non-hydrogen) atoms. The van der Waals surface area contributed by atoms with Crippen molar-refractivity contribution in [2.24, 2.45) is 0 Å². The molecule has 0 aliphatic heterocycles. The Morgan fingerprint density at radius 2 is 2.13 bits per heavy atom. The SMILES string of the molecule is OCCC(O)C(O)c1ncc(Cl)cc1F. The summed E-state index contributed by atoms with van der Waals surface area (Å²) in [6.07, 6.45) is -1.59. The molecule has 0 spiro atoms. The van der Waals surface area contributed by atoms with Crippen LogP contribution in [0.3, 0.4) is 0 Å². The molecule has 0 radical (unpaired) electrons. The van der Waals surface area contributed by atoms with Crippen LogP contribution in [-0.4, -0.2) is 33.0 Å². The zero-order valence-corrected chi connectivity index (χ0v) is 8.52. The third kappa shape index (κ3) is 3.10. The van der Waals surface area contributed by atoms with Crippen LogP contribution in [0.25, 0.3) is 0 Å². The number of aliphatic hydroxyl groups is 3. The summed E-state index contributed by atoms with van der Waals surface area (Å²) in [4.78, 5) is 3.58. The zero-order valence-electron chi connectivity index (χ0n) is 7.77. The molecule has 0 saturated carbocycles. The van der Waals surface area contributed by atoms with Crippen molar-refractivity contribution in [3.05, 3.63) is 28.8 Å². The summed E-state index contributed by atoms with van der Waals surface area (Å²) in [5, 5.41) is 27.5. The Morgan fingerprint density at radius 3 is 2.67 bits per heavy atom. The number of aromatic nitrogens is 1. The van der Waals surface area contributed by atoms with Gasteiger partial charge in [0, 0.05) is 12.8 Å². The summed E-state index contributed by atoms with van der Waals surface area (Å²) in [5.74, 6) is -0.785. The van der Waals surface area contributed by atoms with Crippen LogP contribution >= 0.6 is 11.6 Å². The lowest BCUT2D eigenvalue weighted by Gasteiger charge is -2.16. The molecule has 84 valence electrons. The highest BCUT2D eigenvalue weighted by Crippen LogP contribution is 2.21. The van der Waals surface area contributed by atoms with Crippen molar-refractivity contribution >= 4 is 11.6 Å². The largest absolute Gasteiger partial charge is 0.396 e. The minimum Gasteiger partial charge on any atom is -0.396 e. The summed E-state index contributed by atoms with van der Waals surface area (Å²) >= 11 is 5.48. The molecular weight excluding hydrogens is 225 g/mol. The number of pyridine rings is 1. The molecule has 2 atom stereocenters. The van der Waals surface area contributed by atoms with Crippen molar-refractivity contribution in [2.75, 3.05) is 6.61 Å². The normalized spacial score (nSPS) is 15.0. The second-order valence-corrected chi connectivity index (χ2v) is 3.48. The van der Waals surface area contributed by atoms with Crippen LogP contribution in [0.5, 0.6) is 0 Å². The highest BCUT2D eigenvalue weighted by molar-refractivity contribution is 6.30. The number of rotatable bonds is 4. The molecule has 1 rings (SSSR count). The minimum atomic E-state index is -1.46. The third-order valence-corrected chi connectivity index (χ3v) is 2.11. The van der Waals surface area contributed by atoms with E-state index in [2.05, 4.69) is 4.98 Å². The maximum absolute atomic E-state index is 13.2. The summed E-state index contributed by atoms with van der Waals surface area (Å²) in [5.41, 5.74) is -0.277. The van der Waals surface area contributed by atoms with Gasteiger partial charge in [-0.1, -0.05) is 11.6 Å². The molecule has 0 aliphatic carbocycles. The molecule has 0 fully saturated rings. The molecule has 0 amide bonds. The Balaban J connectivity index is 2.86. The smallest absolute Gasteiger partial charge is 0.148 e. The van der Waals surface area contributed by atoms with Crippen LogP contribution in [0.2, 0.25) is 5.02 Å². The predicted molar refractivity (Wildman–Crippen MR) is 51.9 cm³/mol. The fraction of sp³-hybridized carbons (Fsp3) is 0.444. The van der Waals surface area contributed by atoms with E-state index < -0.39 is 18.0 Å². The highest BCUT2D eigenvalue weighted by Gasteiger charge is 2.22. The fourth-order valence-corrected chi connectivity index (χ4v) is 1.26. The van der Waals surface area contributed by atoms with E-state index in [1.165, 1.54) is 6.20 Å². The van der Waals surface area contributed by atoms with Gasteiger partial charge in [0.2, 0.25) is 0 Å². The van der Waals surface area contributed by atoms with Crippen LogP contribution in [0, 0.1) is 5.82 Å². The van der Waals surface area contributed by atoms with Gasteiger partial charge in [0.1, 0.15) is 17.6 Å². The van der Waals surface area contributed by atoms with Gasteiger partial charge in [-0.3, -0.25) is 4.98 Å². The lowest BCUT2D eigenvalue weighted by molar-refractivity contribution is -0.000107. The van der Waals surface area contributed by atoms with Crippen molar-refractivity contribution in [3.63, 3.8) is 0 Å². The number of hydrogen-bond donors (Lipinski definition) is 3. The van der Waals surface area contributed by atoms with E-state index in [1.807, 2.05) is 0 Å². The summed E-state index contributed by atoms with van der Waals surface area (Å²) in [6, 6.07) is 0.999. The molecule has 0 saturated heterocycles. The van der Waals surface area contributed by atoms with Gasteiger partial charge >= 0.3 is 0 Å². The standard InChI is InChI=1S/C9H11ClFNO3/c10-5-3-6(11)8(12-4-5)9(15)7(14)1-2-13/h3-4,7,9,13-15H,1-2H2. The average molecular weight is 236 g/mol. The van der Waals surface area contributed by atoms with E-state index in [0.717, 1.165) is 6.07 Å². The molecular formula is C9H11ClFNO3. The van der Waals surface area contributed by atoms with E-state index >= 15 is 0 Å². The van der Waals surface area contributed by atoms with Gasteiger partial charge in [-0.25, -0.2) is 4.39 Å². The molecule has 0 aliphatic rings. The Labute approximate surface area is 91.0 Å². The van der Waals surface area contributed by atoms with Gasteiger partial charge in [0.25, 0.3) is 0 Å². The van der Waals surface area contributed by atoms with E-state index in [4.69, 9.17) is 16.7 Å². The van der Waals surface area contributed by atoms with Crippen LogP contribution in [0.4, 0.5) is 4.39 Å². The van der Waals surface area contributed by atoms with E-state index in [1.54, 1.807) is 0 Å². The lowest BCUT2D eigenvalue weighted by Crippen LogP contribution is -2.21. The van der Waals surface area contributed by atoms with Crippen molar-refractivity contribution in [1.29, 1.82) is 0 Å².